The van der Waals surface area contributed by atoms with E-state index in [2.05, 4.69) is 43.1 Å². The van der Waals surface area contributed by atoms with Crippen molar-refractivity contribution in [2.45, 2.75) is 25.2 Å². The fraction of sp³-hybridized carbons (Fsp3) is 0.500. The van der Waals surface area contributed by atoms with E-state index in [4.69, 9.17) is 4.99 Å². The van der Waals surface area contributed by atoms with Crippen LogP contribution in [0.1, 0.15) is 25.3 Å². The first-order valence-corrected chi connectivity index (χ1v) is 6.06. The number of nitrogens with zero attached hydrogens (tertiary/aromatic N) is 2. The molecule has 3 rings (SSSR count). The van der Waals surface area contributed by atoms with Gasteiger partial charge in [-0.2, -0.15) is 0 Å². The summed E-state index contributed by atoms with van der Waals surface area (Å²) in [6.07, 6.45) is 2.44. The lowest BCUT2D eigenvalue weighted by atomic mass is 9.71. The molecular formula is C14H18N2. The summed E-state index contributed by atoms with van der Waals surface area (Å²) in [5, 5.41) is 0. The van der Waals surface area contributed by atoms with Crippen molar-refractivity contribution in [3.05, 3.63) is 29.8 Å². The van der Waals surface area contributed by atoms with Crippen LogP contribution in [-0.4, -0.2) is 30.7 Å². The van der Waals surface area contributed by atoms with E-state index in [1.807, 2.05) is 0 Å². The van der Waals surface area contributed by atoms with Gasteiger partial charge in [-0.1, -0.05) is 18.2 Å². The van der Waals surface area contributed by atoms with E-state index >= 15 is 0 Å². The highest BCUT2D eigenvalue weighted by Crippen LogP contribution is 2.46. The van der Waals surface area contributed by atoms with Crippen LogP contribution in [-0.2, 0) is 5.41 Å². The summed E-state index contributed by atoms with van der Waals surface area (Å²) >= 11 is 0. The predicted molar refractivity (Wildman–Crippen MR) is 67.6 cm³/mol. The van der Waals surface area contributed by atoms with E-state index in [0.717, 1.165) is 0 Å². The highest BCUT2D eigenvalue weighted by atomic mass is 15.1. The molecule has 1 aromatic rings. The molecule has 2 heteroatoms. The molecule has 0 unspecified atom stereocenters. The molecule has 2 aliphatic rings. The molecule has 1 saturated heterocycles. The lowest BCUT2D eigenvalue weighted by Crippen LogP contribution is -2.43. The lowest BCUT2D eigenvalue weighted by molar-refractivity contribution is 0.230. The Bertz CT molecular complexity index is 440. The third-order valence-corrected chi connectivity index (χ3v) is 4.24. The minimum Gasteiger partial charge on any atom is -0.306 e. The first kappa shape index (κ1) is 10.0. The first-order valence-electron chi connectivity index (χ1n) is 6.06. The molecule has 0 aliphatic carbocycles. The zero-order valence-electron chi connectivity index (χ0n) is 10.0. The molecule has 2 nitrogen and oxygen atoms in total. The molecule has 84 valence electrons. The SMILES string of the molecule is CC1=Nc2ccccc2C12CCN(C)CC2. The fourth-order valence-electron chi connectivity index (χ4n) is 3.09. The predicted octanol–water partition coefficient (Wildman–Crippen LogP) is 2.76. The first-order chi connectivity index (χ1) is 7.72. The number of hydrogen-bond donors (Lipinski definition) is 0. The third kappa shape index (κ3) is 1.26. The Morgan fingerprint density at radius 3 is 2.62 bits per heavy atom. The molecule has 16 heavy (non-hydrogen) atoms. The van der Waals surface area contributed by atoms with Gasteiger partial charge in [0.25, 0.3) is 0 Å². The average Bonchev–Trinajstić information content (AvgIpc) is 2.57. The number of piperidine rings is 1. The normalized spacial score (nSPS) is 23.2. The number of hydrogen-bond acceptors (Lipinski definition) is 2. The van der Waals surface area contributed by atoms with Crippen molar-refractivity contribution in [1.82, 2.24) is 4.90 Å². The van der Waals surface area contributed by atoms with E-state index in [1.165, 1.54) is 42.9 Å². The molecule has 0 bridgehead atoms. The Morgan fingerprint density at radius 2 is 1.88 bits per heavy atom. The Labute approximate surface area is 97.0 Å². The molecule has 2 heterocycles. The smallest absolute Gasteiger partial charge is 0.0670 e. The molecule has 0 radical (unpaired) electrons. The molecule has 0 aromatic heterocycles. The van der Waals surface area contributed by atoms with Crippen LogP contribution >= 0.6 is 0 Å². The van der Waals surface area contributed by atoms with Gasteiger partial charge in [0.05, 0.1) is 5.69 Å². The topological polar surface area (TPSA) is 15.6 Å². The van der Waals surface area contributed by atoms with Crippen molar-refractivity contribution in [3.8, 4) is 0 Å². The van der Waals surface area contributed by atoms with Crippen molar-refractivity contribution in [2.75, 3.05) is 20.1 Å². The van der Waals surface area contributed by atoms with Gasteiger partial charge in [0, 0.05) is 11.1 Å². The van der Waals surface area contributed by atoms with Crippen LogP contribution in [0.5, 0.6) is 0 Å². The molecule has 0 atom stereocenters. The van der Waals surface area contributed by atoms with Gasteiger partial charge in [0.15, 0.2) is 0 Å². The summed E-state index contributed by atoms with van der Waals surface area (Å²) in [5.41, 5.74) is 4.23. The monoisotopic (exact) mass is 214 g/mol. The fourth-order valence-corrected chi connectivity index (χ4v) is 3.09. The minimum atomic E-state index is 0.253. The largest absolute Gasteiger partial charge is 0.306 e. The van der Waals surface area contributed by atoms with Crippen LogP contribution in [0.15, 0.2) is 29.3 Å². The Kier molecular flexibility index (Phi) is 2.15. The van der Waals surface area contributed by atoms with E-state index < -0.39 is 0 Å². The number of aliphatic imine (C=N–C) groups is 1. The number of para-hydroxylation sites is 1. The van der Waals surface area contributed by atoms with Crippen molar-refractivity contribution < 1.29 is 0 Å². The maximum Gasteiger partial charge on any atom is 0.0670 e. The maximum atomic E-state index is 4.75. The van der Waals surface area contributed by atoms with Crippen molar-refractivity contribution in [2.24, 2.45) is 4.99 Å². The number of fused-ring (bicyclic) bond motifs is 2. The minimum absolute atomic E-state index is 0.253. The van der Waals surface area contributed by atoms with Gasteiger partial charge in [0.2, 0.25) is 0 Å². The highest BCUT2D eigenvalue weighted by molar-refractivity contribution is 6.00. The van der Waals surface area contributed by atoms with Crippen molar-refractivity contribution >= 4 is 11.4 Å². The van der Waals surface area contributed by atoms with E-state index in [-0.39, 0.29) is 5.41 Å². The Morgan fingerprint density at radius 1 is 1.19 bits per heavy atom. The van der Waals surface area contributed by atoms with Crippen LogP contribution in [0.25, 0.3) is 0 Å². The molecule has 1 spiro atoms. The van der Waals surface area contributed by atoms with Crippen molar-refractivity contribution in [3.63, 3.8) is 0 Å². The number of likely N-dealkylation sites (tertiary alicyclic amines) is 1. The zero-order chi connectivity index (χ0) is 11.2. The van der Waals surface area contributed by atoms with Gasteiger partial charge in [-0.05, 0) is 51.5 Å². The maximum absolute atomic E-state index is 4.75. The standard InChI is InChI=1S/C14H18N2/c1-11-14(7-9-16(2)10-8-14)12-5-3-4-6-13(12)15-11/h3-6H,7-10H2,1-2H3. The molecular weight excluding hydrogens is 196 g/mol. The lowest BCUT2D eigenvalue weighted by Gasteiger charge is -2.38. The third-order valence-electron chi connectivity index (χ3n) is 4.24. The molecule has 2 aliphatic heterocycles. The summed E-state index contributed by atoms with van der Waals surface area (Å²) in [6, 6.07) is 8.64. The number of rotatable bonds is 0. The second-order valence-corrected chi connectivity index (χ2v) is 5.10. The van der Waals surface area contributed by atoms with Crippen LogP contribution in [0.4, 0.5) is 5.69 Å². The van der Waals surface area contributed by atoms with Crippen LogP contribution in [0.2, 0.25) is 0 Å². The van der Waals surface area contributed by atoms with Gasteiger partial charge in [-0.15, -0.1) is 0 Å². The van der Waals surface area contributed by atoms with Gasteiger partial charge in [0.1, 0.15) is 0 Å². The summed E-state index contributed by atoms with van der Waals surface area (Å²) in [7, 11) is 2.21. The molecule has 1 fully saturated rings. The van der Waals surface area contributed by atoms with Crippen LogP contribution in [0, 0.1) is 0 Å². The quantitative estimate of drug-likeness (QED) is 0.648. The summed E-state index contributed by atoms with van der Waals surface area (Å²) in [6.45, 7) is 4.56. The Hall–Kier alpha value is -1.15. The summed E-state index contributed by atoms with van der Waals surface area (Å²) < 4.78 is 0. The van der Waals surface area contributed by atoms with Crippen LogP contribution < -0.4 is 0 Å². The zero-order valence-corrected chi connectivity index (χ0v) is 10.0. The highest BCUT2D eigenvalue weighted by Gasteiger charge is 2.42. The molecule has 0 N–H and O–H groups in total. The van der Waals surface area contributed by atoms with Gasteiger partial charge in [-0.25, -0.2) is 0 Å². The van der Waals surface area contributed by atoms with Gasteiger partial charge in [-0.3, -0.25) is 4.99 Å². The second kappa shape index (κ2) is 3.42. The molecule has 0 amide bonds. The van der Waals surface area contributed by atoms with Crippen molar-refractivity contribution in [1.29, 1.82) is 0 Å². The van der Waals surface area contributed by atoms with E-state index in [1.54, 1.807) is 0 Å². The van der Waals surface area contributed by atoms with E-state index in [0.29, 0.717) is 0 Å². The molecule has 1 aromatic carbocycles. The molecule has 0 saturated carbocycles. The summed E-state index contributed by atoms with van der Waals surface area (Å²) in [4.78, 5) is 7.17. The van der Waals surface area contributed by atoms with Gasteiger partial charge >= 0.3 is 0 Å². The van der Waals surface area contributed by atoms with E-state index in [9.17, 15) is 0 Å². The average molecular weight is 214 g/mol. The number of benzene rings is 1. The van der Waals surface area contributed by atoms with Gasteiger partial charge < -0.3 is 4.90 Å². The Balaban J connectivity index is 2.05. The summed E-state index contributed by atoms with van der Waals surface area (Å²) in [5.74, 6) is 0. The second-order valence-electron chi connectivity index (χ2n) is 5.10. The van der Waals surface area contributed by atoms with Crippen LogP contribution in [0.3, 0.4) is 0 Å².